The number of ether oxygens (including phenoxy) is 1. The van der Waals surface area contributed by atoms with Gasteiger partial charge >= 0.3 is 59.1 Å². The minimum atomic E-state index is -5.20. The smallest absolute Gasteiger partial charge is 0.735 e. The molecule has 21 heavy (non-hydrogen) atoms. The van der Waals surface area contributed by atoms with Crippen molar-refractivity contribution in [3.05, 3.63) is 0 Å². The Morgan fingerprint density at radius 1 is 1.24 bits per heavy atom. The predicted octanol–water partition coefficient (Wildman–Crippen LogP) is -9.64. The molecule has 114 valence electrons. The summed E-state index contributed by atoms with van der Waals surface area (Å²) in [6.07, 6.45) is -5.12. The van der Waals surface area contributed by atoms with Crippen molar-refractivity contribution in [3.63, 3.8) is 0 Å². The van der Waals surface area contributed by atoms with Gasteiger partial charge in [-0.3, -0.25) is 4.18 Å². The van der Waals surface area contributed by atoms with Crippen LogP contribution < -0.4 is 63.8 Å². The van der Waals surface area contributed by atoms with Gasteiger partial charge in [0, 0.05) is 6.42 Å². The SMILES string of the molecule is O=S(=O)([O-])NC1[C@H](O)OC(CO)C[C@H]1OS(=O)(=O)[O-].[Na+].[Na+]. The maximum absolute atomic E-state index is 10.5. The van der Waals surface area contributed by atoms with Gasteiger partial charge in [0.1, 0.15) is 0 Å². The van der Waals surface area contributed by atoms with Gasteiger partial charge in [-0.1, -0.05) is 0 Å². The van der Waals surface area contributed by atoms with E-state index >= 15 is 0 Å². The van der Waals surface area contributed by atoms with Crippen LogP contribution in [0.25, 0.3) is 0 Å². The van der Waals surface area contributed by atoms with E-state index < -0.39 is 58.3 Å². The predicted molar refractivity (Wildman–Crippen MR) is 53.8 cm³/mol. The Bertz CT molecular complexity index is 510. The van der Waals surface area contributed by atoms with Gasteiger partial charge in [0.15, 0.2) is 16.6 Å². The van der Waals surface area contributed by atoms with Crippen LogP contribution in [0.4, 0.5) is 0 Å². The van der Waals surface area contributed by atoms with Gasteiger partial charge in [0.25, 0.3) is 0 Å². The summed E-state index contributed by atoms with van der Waals surface area (Å²) in [5.41, 5.74) is 0. The summed E-state index contributed by atoms with van der Waals surface area (Å²) in [6.45, 7) is -0.632. The molecule has 0 bridgehead atoms. The molecule has 15 heteroatoms. The molecular formula is C6H11NNa2O10S2. The number of aliphatic hydroxyl groups excluding tert-OH is 2. The van der Waals surface area contributed by atoms with Crippen LogP contribution >= 0.6 is 0 Å². The second kappa shape index (κ2) is 9.80. The molecule has 2 unspecified atom stereocenters. The van der Waals surface area contributed by atoms with E-state index in [-0.39, 0.29) is 59.1 Å². The van der Waals surface area contributed by atoms with Gasteiger partial charge < -0.3 is 24.1 Å². The molecule has 1 aliphatic heterocycles. The summed E-state index contributed by atoms with van der Waals surface area (Å²) >= 11 is 0. The molecule has 0 radical (unpaired) electrons. The molecule has 11 nitrogen and oxygen atoms in total. The molecule has 1 heterocycles. The van der Waals surface area contributed by atoms with Gasteiger partial charge in [-0.25, -0.2) is 21.6 Å². The quantitative estimate of drug-likeness (QED) is 0.239. The van der Waals surface area contributed by atoms with Crippen molar-refractivity contribution in [1.82, 2.24) is 4.72 Å². The fourth-order valence-electron chi connectivity index (χ4n) is 1.60. The van der Waals surface area contributed by atoms with Crippen LogP contribution in [0.3, 0.4) is 0 Å². The van der Waals surface area contributed by atoms with Gasteiger partial charge in [-0.2, -0.15) is 0 Å². The zero-order valence-electron chi connectivity index (χ0n) is 11.2. The maximum atomic E-state index is 10.5. The van der Waals surface area contributed by atoms with Crippen molar-refractivity contribution >= 4 is 20.7 Å². The normalized spacial score (nSPS) is 30.1. The minimum Gasteiger partial charge on any atom is -0.735 e. The second-order valence-corrected chi connectivity index (χ2v) is 5.86. The van der Waals surface area contributed by atoms with Crippen LogP contribution in [0.1, 0.15) is 6.42 Å². The van der Waals surface area contributed by atoms with Crippen molar-refractivity contribution in [2.45, 2.75) is 31.0 Å². The van der Waals surface area contributed by atoms with Crippen molar-refractivity contribution in [1.29, 1.82) is 0 Å². The van der Waals surface area contributed by atoms with Gasteiger partial charge in [0.2, 0.25) is 10.4 Å². The Morgan fingerprint density at radius 3 is 2.14 bits per heavy atom. The summed E-state index contributed by atoms with van der Waals surface area (Å²) in [4.78, 5) is 0. The van der Waals surface area contributed by atoms with E-state index in [2.05, 4.69) is 4.18 Å². The molecule has 1 saturated heterocycles. The number of hydrogen-bond donors (Lipinski definition) is 3. The number of hydrogen-bond acceptors (Lipinski definition) is 10. The third-order valence-corrected chi connectivity index (χ3v) is 3.30. The molecule has 4 atom stereocenters. The molecule has 1 rings (SSSR count). The average Bonchev–Trinajstić information content (AvgIpc) is 2.19. The molecule has 1 fully saturated rings. The Hall–Kier alpha value is 1.62. The first kappa shape index (κ1) is 24.9. The standard InChI is InChI=1S/C6H13NO10S2.2Na/c8-2-3-1-4(17-19(13,14)15)5(6(9)16-3)7-18(10,11)12;;/h3-9H,1-2H2,(H,10,11,12)(H,13,14,15);;/q;2*+1/p-2/t3?,4-,5?,6-;;/m1../s1. The average molecular weight is 367 g/mol. The van der Waals surface area contributed by atoms with Crippen LogP contribution in [0.2, 0.25) is 0 Å². The van der Waals surface area contributed by atoms with Crippen molar-refractivity contribution < 1.29 is 104 Å². The molecule has 0 aromatic carbocycles. The molecule has 3 N–H and O–H groups in total. The summed E-state index contributed by atoms with van der Waals surface area (Å²) in [6, 6.07) is -1.78. The van der Waals surface area contributed by atoms with Crippen LogP contribution in [-0.2, 0) is 29.6 Å². The van der Waals surface area contributed by atoms with Gasteiger partial charge in [0.05, 0.1) is 24.9 Å². The number of nitrogens with one attached hydrogen (secondary N) is 1. The third-order valence-electron chi connectivity index (χ3n) is 2.26. The molecule has 0 aromatic heterocycles. The summed E-state index contributed by atoms with van der Waals surface area (Å²) in [5, 5.41) is 18.2. The van der Waals surface area contributed by atoms with Crippen molar-refractivity contribution in [2.24, 2.45) is 0 Å². The molecule has 1 aliphatic rings. The zero-order valence-corrected chi connectivity index (χ0v) is 16.8. The van der Waals surface area contributed by atoms with Crippen molar-refractivity contribution in [3.8, 4) is 0 Å². The summed E-state index contributed by atoms with van der Waals surface area (Å²) < 4.78 is 73.2. The van der Waals surface area contributed by atoms with E-state index in [4.69, 9.17) is 9.84 Å². The third kappa shape index (κ3) is 9.49. The topological polar surface area (TPSA) is 185 Å². The first-order valence-electron chi connectivity index (χ1n) is 4.83. The largest absolute Gasteiger partial charge is 1.00 e. The van der Waals surface area contributed by atoms with E-state index in [1.807, 2.05) is 0 Å². The van der Waals surface area contributed by atoms with Crippen LogP contribution in [0.15, 0.2) is 0 Å². The van der Waals surface area contributed by atoms with E-state index in [1.165, 1.54) is 4.72 Å². The molecular weight excluding hydrogens is 356 g/mol. The Kier molecular flexibility index (Phi) is 11.6. The molecule has 0 spiro atoms. The maximum Gasteiger partial charge on any atom is 1.00 e. The fraction of sp³-hybridized carbons (Fsp3) is 1.00. The molecule has 0 aliphatic carbocycles. The Morgan fingerprint density at radius 2 is 1.76 bits per heavy atom. The van der Waals surface area contributed by atoms with E-state index in [9.17, 15) is 31.0 Å². The van der Waals surface area contributed by atoms with Gasteiger partial charge in [-0.15, -0.1) is 0 Å². The monoisotopic (exact) mass is 367 g/mol. The Balaban J connectivity index is 0. The van der Waals surface area contributed by atoms with Gasteiger partial charge in [-0.05, 0) is 0 Å². The van der Waals surface area contributed by atoms with Crippen LogP contribution in [-0.4, -0.2) is 67.3 Å². The summed E-state index contributed by atoms with van der Waals surface area (Å²) in [7, 11) is -10.3. The molecule has 0 amide bonds. The minimum absolute atomic E-state index is 0. The fourth-order valence-corrected chi connectivity index (χ4v) is 2.70. The Labute approximate surface area is 165 Å². The molecule has 0 aromatic rings. The number of rotatable bonds is 5. The first-order chi connectivity index (χ1) is 8.52. The second-order valence-electron chi connectivity index (χ2n) is 3.71. The summed E-state index contributed by atoms with van der Waals surface area (Å²) in [5.74, 6) is 0. The van der Waals surface area contributed by atoms with E-state index in [1.54, 1.807) is 0 Å². The molecule has 0 saturated carbocycles. The van der Waals surface area contributed by atoms with Crippen LogP contribution in [0.5, 0.6) is 0 Å². The van der Waals surface area contributed by atoms with Crippen LogP contribution in [0, 0.1) is 0 Å². The van der Waals surface area contributed by atoms with E-state index in [0.29, 0.717) is 0 Å². The zero-order chi connectivity index (χ0) is 14.8. The number of aliphatic hydroxyl groups is 2. The first-order valence-corrected chi connectivity index (χ1v) is 7.57. The van der Waals surface area contributed by atoms with E-state index in [0.717, 1.165) is 0 Å². The van der Waals surface area contributed by atoms with Crippen molar-refractivity contribution in [2.75, 3.05) is 6.61 Å².